The quantitative estimate of drug-likeness (QED) is 0.494. The van der Waals surface area contributed by atoms with Crippen molar-refractivity contribution in [3.63, 3.8) is 0 Å². The standard InChI is InChI=1S/C12H15FN2O5/c1-12(2,11(17)20-3)10(14)7-4-6(15(18)19)5-8(13)9(7)16/h4-5,10,16H,14H2,1-3H3/t10-/m1/s1. The molecule has 0 heterocycles. The van der Waals surface area contributed by atoms with Crippen LogP contribution in [-0.2, 0) is 9.53 Å². The summed E-state index contributed by atoms with van der Waals surface area (Å²) in [6.45, 7) is 2.86. The van der Waals surface area contributed by atoms with Crippen LogP contribution in [0.25, 0.3) is 0 Å². The van der Waals surface area contributed by atoms with E-state index in [1.165, 1.54) is 13.8 Å². The summed E-state index contributed by atoms with van der Waals surface area (Å²) in [5, 5.41) is 20.4. The molecule has 0 spiro atoms. The van der Waals surface area contributed by atoms with Gasteiger partial charge in [0.25, 0.3) is 5.69 Å². The molecular formula is C12H15FN2O5. The van der Waals surface area contributed by atoms with Gasteiger partial charge in [-0.15, -0.1) is 0 Å². The van der Waals surface area contributed by atoms with Crippen LogP contribution in [0.3, 0.4) is 0 Å². The van der Waals surface area contributed by atoms with E-state index in [1.807, 2.05) is 0 Å². The van der Waals surface area contributed by atoms with Crippen LogP contribution >= 0.6 is 0 Å². The number of methoxy groups -OCH3 is 1. The van der Waals surface area contributed by atoms with Gasteiger partial charge in [0, 0.05) is 17.7 Å². The molecular weight excluding hydrogens is 271 g/mol. The van der Waals surface area contributed by atoms with Crippen molar-refractivity contribution in [2.45, 2.75) is 19.9 Å². The van der Waals surface area contributed by atoms with E-state index in [2.05, 4.69) is 4.74 Å². The van der Waals surface area contributed by atoms with E-state index in [4.69, 9.17) is 5.73 Å². The van der Waals surface area contributed by atoms with E-state index in [9.17, 15) is 24.4 Å². The molecule has 3 N–H and O–H groups in total. The van der Waals surface area contributed by atoms with Crippen LogP contribution in [-0.4, -0.2) is 23.1 Å². The van der Waals surface area contributed by atoms with Gasteiger partial charge in [0.2, 0.25) is 0 Å². The van der Waals surface area contributed by atoms with Crippen molar-refractivity contribution < 1.29 is 24.0 Å². The van der Waals surface area contributed by atoms with E-state index < -0.39 is 39.6 Å². The zero-order chi connectivity index (χ0) is 15.7. The van der Waals surface area contributed by atoms with Crippen molar-refractivity contribution in [1.82, 2.24) is 0 Å². The number of phenolic OH excluding ortho intramolecular Hbond substituents is 1. The predicted molar refractivity (Wildman–Crippen MR) is 67.4 cm³/mol. The SMILES string of the molecule is COC(=O)C(C)(C)[C@H](N)c1cc([N+](=O)[O-])cc(F)c1O. The molecule has 1 rings (SSSR count). The van der Waals surface area contributed by atoms with Gasteiger partial charge >= 0.3 is 5.97 Å². The Kier molecular flexibility index (Phi) is 4.29. The third kappa shape index (κ3) is 2.69. The fraction of sp³-hybridized carbons (Fsp3) is 0.417. The second-order valence-corrected chi connectivity index (χ2v) is 4.81. The summed E-state index contributed by atoms with van der Waals surface area (Å²) in [4.78, 5) is 21.5. The number of hydrogen-bond acceptors (Lipinski definition) is 6. The van der Waals surface area contributed by atoms with E-state index in [1.54, 1.807) is 0 Å². The number of carbonyl (C=O) groups excluding carboxylic acids is 1. The lowest BCUT2D eigenvalue weighted by molar-refractivity contribution is -0.385. The summed E-state index contributed by atoms with van der Waals surface area (Å²) in [6, 6.07) is 0.342. The topological polar surface area (TPSA) is 116 Å². The Morgan fingerprint density at radius 3 is 2.55 bits per heavy atom. The highest BCUT2D eigenvalue weighted by molar-refractivity contribution is 5.77. The van der Waals surface area contributed by atoms with Gasteiger partial charge < -0.3 is 15.6 Å². The molecule has 110 valence electrons. The molecule has 0 fully saturated rings. The summed E-state index contributed by atoms with van der Waals surface area (Å²) in [6.07, 6.45) is 0. The highest BCUT2D eigenvalue weighted by atomic mass is 19.1. The number of phenols is 1. The van der Waals surface area contributed by atoms with E-state index >= 15 is 0 Å². The molecule has 1 atom stereocenters. The number of nitro groups is 1. The lowest BCUT2D eigenvalue weighted by Crippen LogP contribution is -2.37. The molecule has 0 amide bonds. The van der Waals surface area contributed by atoms with Crippen molar-refractivity contribution >= 4 is 11.7 Å². The number of nitro benzene ring substituents is 1. The maximum atomic E-state index is 13.5. The Morgan fingerprint density at radius 1 is 1.55 bits per heavy atom. The Morgan fingerprint density at radius 2 is 2.10 bits per heavy atom. The number of esters is 1. The van der Waals surface area contributed by atoms with Crippen LogP contribution in [0.2, 0.25) is 0 Å². The molecule has 0 radical (unpaired) electrons. The minimum atomic E-state index is -1.30. The first-order valence-electron chi connectivity index (χ1n) is 5.63. The number of carbonyl (C=O) groups is 1. The number of ether oxygens (including phenoxy) is 1. The summed E-state index contributed by atoms with van der Waals surface area (Å²) < 4.78 is 18.1. The number of hydrogen-bond donors (Lipinski definition) is 2. The molecule has 0 aliphatic rings. The summed E-state index contributed by atoms with van der Waals surface area (Å²) in [5.74, 6) is -2.68. The monoisotopic (exact) mass is 286 g/mol. The maximum absolute atomic E-state index is 13.5. The number of benzene rings is 1. The van der Waals surface area contributed by atoms with Gasteiger partial charge in [-0.3, -0.25) is 14.9 Å². The molecule has 1 aromatic rings. The molecule has 0 aliphatic heterocycles. The second kappa shape index (κ2) is 5.41. The van der Waals surface area contributed by atoms with Gasteiger partial charge in [-0.25, -0.2) is 4.39 Å². The lowest BCUT2D eigenvalue weighted by Gasteiger charge is -2.29. The van der Waals surface area contributed by atoms with E-state index in [-0.39, 0.29) is 5.56 Å². The molecule has 0 aliphatic carbocycles. The van der Waals surface area contributed by atoms with E-state index in [0.29, 0.717) is 6.07 Å². The van der Waals surface area contributed by atoms with Gasteiger partial charge in [0.05, 0.1) is 23.5 Å². The number of nitrogens with zero attached hydrogens (tertiary/aromatic N) is 1. The molecule has 8 heteroatoms. The van der Waals surface area contributed by atoms with Crippen LogP contribution < -0.4 is 5.73 Å². The highest BCUT2D eigenvalue weighted by Crippen LogP contribution is 2.39. The number of halogens is 1. The number of aromatic hydroxyl groups is 1. The Bertz CT molecular complexity index is 559. The molecule has 20 heavy (non-hydrogen) atoms. The van der Waals surface area contributed by atoms with Crippen molar-refractivity contribution in [3.05, 3.63) is 33.6 Å². The molecule has 0 saturated carbocycles. The maximum Gasteiger partial charge on any atom is 0.313 e. The zero-order valence-corrected chi connectivity index (χ0v) is 11.2. The average Bonchev–Trinajstić information content (AvgIpc) is 2.39. The number of rotatable bonds is 4. The van der Waals surface area contributed by atoms with Crippen LogP contribution in [0.15, 0.2) is 12.1 Å². The smallest absolute Gasteiger partial charge is 0.313 e. The molecule has 0 aromatic heterocycles. The fourth-order valence-electron chi connectivity index (χ4n) is 1.73. The highest BCUT2D eigenvalue weighted by Gasteiger charge is 2.39. The van der Waals surface area contributed by atoms with Gasteiger partial charge in [0.15, 0.2) is 11.6 Å². The molecule has 0 unspecified atom stereocenters. The minimum absolute atomic E-state index is 0.230. The van der Waals surface area contributed by atoms with Crippen molar-refractivity contribution in [2.75, 3.05) is 7.11 Å². The van der Waals surface area contributed by atoms with Gasteiger partial charge in [-0.1, -0.05) is 0 Å². The lowest BCUT2D eigenvalue weighted by atomic mass is 9.80. The largest absolute Gasteiger partial charge is 0.505 e. The third-order valence-electron chi connectivity index (χ3n) is 3.11. The van der Waals surface area contributed by atoms with Crippen LogP contribution in [0, 0.1) is 21.3 Å². The first kappa shape index (κ1) is 15.8. The molecule has 0 bridgehead atoms. The average molecular weight is 286 g/mol. The minimum Gasteiger partial charge on any atom is -0.505 e. The fourth-order valence-corrected chi connectivity index (χ4v) is 1.73. The summed E-state index contributed by atoms with van der Waals surface area (Å²) in [7, 11) is 1.16. The summed E-state index contributed by atoms with van der Waals surface area (Å²) in [5.41, 5.74) is 3.75. The Labute approximate surface area is 114 Å². The Hall–Kier alpha value is -2.22. The van der Waals surface area contributed by atoms with Crippen molar-refractivity contribution in [1.29, 1.82) is 0 Å². The van der Waals surface area contributed by atoms with E-state index in [0.717, 1.165) is 13.2 Å². The predicted octanol–water partition coefficient (Wildman–Crippen LogP) is 1.64. The zero-order valence-electron chi connectivity index (χ0n) is 11.2. The van der Waals surface area contributed by atoms with Crippen LogP contribution in [0.1, 0.15) is 25.5 Å². The van der Waals surface area contributed by atoms with Gasteiger partial charge in [-0.2, -0.15) is 0 Å². The molecule has 1 aromatic carbocycles. The van der Waals surface area contributed by atoms with Crippen LogP contribution in [0.5, 0.6) is 5.75 Å². The van der Waals surface area contributed by atoms with Crippen molar-refractivity contribution in [2.24, 2.45) is 11.1 Å². The normalized spacial score (nSPS) is 12.8. The number of non-ortho nitro benzene ring substituents is 1. The first-order valence-corrected chi connectivity index (χ1v) is 5.63. The molecule has 7 nitrogen and oxygen atoms in total. The van der Waals surface area contributed by atoms with Crippen LogP contribution in [0.4, 0.5) is 10.1 Å². The Balaban J connectivity index is 3.38. The van der Waals surface area contributed by atoms with Crippen molar-refractivity contribution in [3.8, 4) is 5.75 Å². The number of nitrogens with two attached hydrogens (primary N) is 1. The van der Waals surface area contributed by atoms with Gasteiger partial charge in [0.1, 0.15) is 0 Å². The molecule has 0 saturated heterocycles. The second-order valence-electron chi connectivity index (χ2n) is 4.81. The summed E-state index contributed by atoms with van der Waals surface area (Å²) >= 11 is 0. The third-order valence-corrected chi connectivity index (χ3v) is 3.11. The van der Waals surface area contributed by atoms with Gasteiger partial charge in [-0.05, 0) is 13.8 Å². The first-order chi connectivity index (χ1) is 9.12.